The molecule has 2 rings (SSSR count). The zero-order chi connectivity index (χ0) is 18.7. The van der Waals surface area contributed by atoms with Crippen LogP contribution >= 0.6 is 11.3 Å². The van der Waals surface area contributed by atoms with Gasteiger partial charge in [-0.2, -0.15) is 13.2 Å². The van der Waals surface area contributed by atoms with Crippen LogP contribution in [0.1, 0.15) is 22.4 Å². The second-order valence-corrected chi connectivity index (χ2v) is 8.81. The average Bonchev–Trinajstić information content (AvgIpc) is 2.91. The van der Waals surface area contributed by atoms with Crippen LogP contribution in [0.3, 0.4) is 0 Å². The molecule has 2 aromatic rings. The number of hydrogen-bond donors (Lipinski definition) is 1. The molecule has 1 aromatic heterocycles. The number of anilines is 1. The Morgan fingerprint density at radius 2 is 1.88 bits per heavy atom. The van der Waals surface area contributed by atoms with Gasteiger partial charge in [-0.1, -0.05) is 12.1 Å². The van der Waals surface area contributed by atoms with Gasteiger partial charge in [0.2, 0.25) is 5.91 Å². The predicted molar refractivity (Wildman–Crippen MR) is 89.3 cm³/mol. The second-order valence-electron chi connectivity index (χ2n) is 5.43. The lowest BCUT2D eigenvalue weighted by atomic mass is 10.1. The van der Waals surface area contributed by atoms with Gasteiger partial charge in [-0.05, 0) is 17.7 Å². The van der Waals surface area contributed by atoms with Crippen LogP contribution in [0.4, 0.5) is 18.3 Å². The first-order valence-corrected chi connectivity index (χ1v) is 9.99. The summed E-state index contributed by atoms with van der Waals surface area (Å²) in [6, 6.07) is 4.83. The molecule has 5 nitrogen and oxygen atoms in total. The summed E-state index contributed by atoms with van der Waals surface area (Å²) in [5.41, 5.74) is -0.0222. The molecule has 0 unspecified atom stereocenters. The van der Waals surface area contributed by atoms with Gasteiger partial charge in [0.1, 0.15) is 9.84 Å². The quantitative estimate of drug-likeness (QED) is 0.820. The Kier molecular flexibility index (Phi) is 5.83. The maximum absolute atomic E-state index is 12.5. The minimum Gasteiger partial charge on any atom is -0.302 e. The molecule has 0 saturated carbocycles. The smallest absolute Gasteiger partial charge is 0.302 e. The molecule has 0 aliphatic heterocycles. The first kappa shape index (κ1) is 19.4. The average molecular weight is 392 g/mol. The summed E-state index contributed by atoms with van der Waals surface area (Å²) in [6.45, 7) is 0. The molecule has 0 fully saturated rings. The molecule has 0 bridgehead atoms. The third-order valence-corrected chi connectivity index (χ3v) is 5.02. The van der Waals surface area contributed by atoms with Gasteiger partial charge >= 0.3 is 6.18 Å². The number of benzene rings is 1. The van der Waals surface area contributed by atoms with Crippen LogP contribution in [0, 0.1) is 0 Å². The number of rotatable bonds is 6. The van der Waals surface area contributed by atoms with Crippen molar-refractivity contribution in [1.29, 1.82) is 0 Å². The third kappa shape index (κ3) is 6.46. The molecular formula is C15H15F3N2O3S2. The summed E-state index contributed by atoms with van der Waals surface area (Å²) in [5.74, 6) is -0.705. The molecule has 0 saturated heterocycles. The van der Waals surface area contributed by atoms with Crippen molar-refractivity contribution in [2.75, 3.05) is 17.3 Å². The molecule has 1 amide bonds. The number of carbonyl (C=O) groups excluding carboxylic acids is 1. The Bertz CT molecular complexity index is 844. The zero-order valence-corrected chi connectivity index (χ0v) is 14.8. The molecule has 0 aliphatic rings. The van der Waals surface area contributed by atoms with Crippen LogP contribution in [0.5, 0.6) is 0 Å². The minimum atomic E-state index is -4.37. The number of halogens is 3. The van der Waals surface area contributed by atoms with E-state index in [0.29, 0.717) is 17.1 Å². The van der Waals surface area contributed by atoms with E-state index < -0.39 is 27.5 Å². The fourth-order valence-corrected chi connectivity index (χ4v) is 3.34. The van der Waals surface area contributed by atoms with E-state index in [-0.39, 0.29) is 12.2 Å². The summed E-state index contributed by atoms with van der Waals surface area (Å²) in [5, 5.41) is 2.82. The molecule has 1 heterocycles. The zero-order valence-electron chi connectivity index (χ0n) is 13.1. The van der Waals surface area contributed by atoms with Crippen LogP contribution in [-0.2, 0) is 27.2 Å². The molecular weight excluding hydrogens is 377 g/mol. The van der Waals surface area contributed by atoms with E-state index in [1.807, 2.05) is 0 Å². The number of hydrogen-bond acceptors (Lipinski definition) is 5. The van der Waals surface area contributed by atoms with E-state index in [2.05, 4.69) is 10.3 Å². The Morgan fingerprint density at radius 1 is 1.24 bits per heavy atom. The first-order chi connectivity index (χ1) is 11.5. The van der Waals surface area contributed by atoms with Crippen LogP contribution in [0.15, 0.2) is 30.5 Å². The molecule has 1 aromatic carbocycles. The van der Waals surface area contributed by atoms with Crippen LogP contribution in [0.25, 0.3) is 0 Å². The number of amides is 1. The highest BCUT2D eigenvalue weighted by atomic mass is 32.2. The molecule has 1 N–H and O–H groups in total. The third-order valence-electron chi connectivity index (χ3n) is 3.16. The second kappa shape index (κ2) is 7.52. The Balaban J connectivity index is 1.94. The summed E-state index contributed by atoms with van der Waals surface area (Å²) < 4.78 is 59.6. The monoisotopic (exact) mass is 392 g/mol. The largest absolute Gasteiger partial charge is 0.416 e. The van der Waals surface area contributed by atoms with Crippen molar-refractivity contribution in [3.8, 4) is 0 Å². The first-order valence-electron chi connectivity index (χ1n) is 7.11. The van der Waals surface area contributed by atoms with E-state index in [9.17, 15) is 26.4 Å². The Labute approximate surface area is 146 Å². The lowest BCUT2D eigenvalue weighted by Crippen LogP contribution is -2.16. The number of carbonyl (C=O) groups is 1. The Morgan fingerprint density at radius 3 is 2.44 bits per heavy atom. The maximum Gasteiger partial charge on any atom is 0.416 e. The van der Waals surface area contributed by atoms with Gasteiger partial charge in [0.05, 0.1) is 11.3 Å². The SMILES string of the molecule is CS(=O)(=O)CCC(=O)Nc1ncc(Cc2ccc(C(F)(F)F)cc2)s1. The predicted octanol–water partition coefficient (Wildman–Crippen LogP) is 3.13. The van der Waals surface area contributed by atoms with E-state index in [0.717, 1.165) is 23.3 Å². The number of thiazole rings is 1. The van der Waals surface area contributed by atoms with Crippen LogP contribution in [0.2, 0.25) is 0 Å². The molecule has 0 atom stereocenters. The number of alkyl halides is 3. The fourth-order valence-electron chi connectivity index (χ4n) is 1.92. The number of aromatic nitrogens is 1. The number of nitrogens with one attached hydrogen (secondary N) is 1. The van der Waals surface area contributed by atoms with Crippen molar-refractivity contribution in [2.24, 2.45) is 0 Å². The van der Waals surface area contributed by atoms with Crippen molar-refractivity contribution in [2.45, 2.75) is 19.0 Å². The van der Waals surface area contributed by atoms with Gasteiger partial charge in [-0.15, -0.1) is 11.3 Å². The van der Waals surface area contributed by atoms with Gasteiger partial charge < -0.3 is 5.32 Å². The van der Waals surface area contributed by atoms with Gasteiger partial charge in [0.15, 0.2) is 5.13 Å². The summed E-state index contributed by atoms with van der Waals surface area (Å²) in [6.07, 6.45) is -1.57. The number of sulfone groups is 1. The van der Waals surface area contributed by atoms with Crippen LogP contribution < -0.4 is 5.32 Å². The van der Waals surface area contributed by atoms with Crippen molar-refractivity contribution in [3.05, 3.63) is 46.5 Å². The standard InChI is InChI=1S/C15H15F3N2O3S2/c1-25(22,23)7-6-13(21)20-14-19-9-12(24-14)8-10-2-4-11(5-3-10)15(16,17)18/h2-5,9H,6-8H2,1H3,(H,19,20,21). The van der Waals surface area contributed by atoms with Crippen molar-refractivity contribution in [1.82, 2.24) is 4.98 Å². The van der Waals surface area contributed by atoms with E-state index in [1.54, 1.807) is 0 Å². The lowest BCUT2D eigenvalue weighted by Gasteiger charge is -2.06. The van der Waals surface area contributed by atoms with E-state index >= 15 is 0 Å². The number of nitrogens with zero attached hydrogens (tertiary/aromatic N) is 1. The summed E-state index contributed by atoms with van der Waals surface area (Å²) >= 11 is 1.18. The van der Waals surface area contributed by atoms with Gasteiger partial charge in [-0.25, -0.2) is 13.4 Å². The van der Waals surface area contributed by atoms with Gasteiger partial charge in [0, 0.05) is 30.2 Å². The highest BCUT2D eigenvalue weighted by molar-refractivity contribution is 7.90. The maximum atomic E-state index is 12.5. The molecule has 0 spiro atoms. The van der Waals surface area contributed by atoms with E-state index in [4.69, 9.17) is 0 Å². The van der Waals surface area contributed by atoms with E-state index in [1.165, 1.54) is 29.7 Å². The fraction of sp³-hybridized carbons (Fsp3) is 0.333. The molecule has 25 heavy (non-hydrogen) atoms. The van der Waals surface area contributed by atoms with Gasteiger partial charge in [0.25, 0.3) is 0 Å². The van der Waals surface area contributed by atoms with Crippen LogP contribution in [-0.4, -0.2) is 31.3 Å². The molecule has 0 radical (unpaired) electrons. The lowest BCUT2D eigenvalue weighted by molar-refractivity contribution is -0.137. The van der Waals surface area contributed by atoms with Crippen molar-refractivity contribution >= 4 is 32.2 Å². The summed E-state index contributed by atoms with van der Waals surface area (Å²) in [7, 11) is -3.22. The van der Waals surface area contributed by atoms with Crippen molar-refractivity contribution in [3.63, 3.8) is 0 Å². The normalized spacial score (nSPS) is 12.2. The molecule has 0 aliphatic carbocycles. The van der Waals surface area contributed by atoms with Gasteiger partial charge in [-0.3, -0.25) is 4.79 Å². The summed E-state index contributed by atoms with van der Waals surface area (Å²) in [4.78, 5) is 16.4. The highest BCUT2D eigenvalue weighted by Gasteiger charge is 2.29. The molecule has 136 valence electrons. The highest BCUT2D eigenvalue weighted by Crippen LogP contribution is 2.29. The van der Waals surface area contributed by atoms with Crippen molar-refractivity contribution < 1.29 is 26.4 Å². The molecule has 10 heteroatoms. The minimum absolute atomic E-state index is 0.160. The topological polar surface area (TPSA) is 76.1 Å². The Hall–Kier alpha value is -1.94.